The number of benzene rings is 3. The first-order valence-electron chi connectivity index (χ1n) is 7.96. The monoisotopic (exact) mass is 327 g/mol. The lowest BCUT2D eigenvalue weighted by Gasteiger charge is -2.12. The van der Waals surface area contributed by atoms with E-state index in [2.05, 4.69) is 89.9 Å². The maximum Gasteiger partial charge on any atom is 0.118 e. The third kappa shape index (κ3) is 2.66. The Hall–Kier alpha value is -2.71. The van der Waals surface area contributed by atoms with Gasteiger partial charge < -0.3 is 0 Å². The predicted molar refractivity (Wildman–Crippen MR) is 106 cm³/mol. The van der Waals surface area contributed by atoms with Crippen molar-refractivity contribution in [3.8, 4) is 11.1 Å². The maximum absolute atomic E-state index is 4.15. The average Bonchev–Trinajstić information content (AvgIpc) is 3.09. The predicted octanol–water partition coefficient (Wildman–Crippen LogP) is 6.49. The largest absolute Gasteiger partial charge is 0.253 e. The van der Waals surface area contributed by atoms with Crippen molar-refractivity contribution in [1.29, 1.82) is 0 Å². The quantitative estimate of drug-likeness (QED) is 0.380. The van der Waals surface area contributed by atoms with Crippen LogP contribution in [-0.4, -0.2) is 6.72 Å². The van der Waals surface area contributed by atoms with Crippen LogP contribution in [0.3, 0.4) is 0 Å². The van der Waals surface area contributed by atoms with E-state index in [1.807, 2.05) is 0 Å². The topological polar surface area (TPSA) is 12.4 Å². The zero-order chi connectivity index (χ0) is 16.4. The molecule has 0 radical (unpaired) electrons. The summed E-state index contributed by atoms with van der Waals surface area (Å²) in [5, 5.41) is 5.66. The lowest BCUT2D eigenvalue weighted by molar-refractivity contribution is 1.21. The molecule has 0 bridgehead atoms. The zero-order valence-electron chi connectivity index (χ0n) is 13.3. The van der Waals surface area contributed by atoms with Crippen molar-refractivity contribution >= 4 is 33.8 Å². The molecule has 1 nitrogen and oxygen atoms in total. The van der Waals surface area contributed by atoms with E-state index in [1.165, 1.54) is 33.0 Å². The van der Waals surface area contributed by atoms with Gasteiger partial charge >= 0.3 is 0 Å². The fourth-order valence-corrected chi connectivity index (χ4v) is 3.93. The second-order valence-electron chi connectivity index (χ2n) is 5.77. The molecule has 0 fully saturated rings. The van der Waals surface area contributed by atoms with Crippen LogP contribution >= 0.6 is 11.3 Å². The smallest absolute Gasteiger partial charge is 0.118 e. The summed E-state index contributed by atoms with van der Waals surface area (Å²) in [5.74, 6) is 0. The molecule has 0 aliphatic carbocycles. The van der Waals surface area contributed by atoms with E-state index >= 15 is 0 Å². The molecule has 0 saturated heterocycles. The van der Waals surface area contributed by atoms with Gasteiger partial charge in [0.25, 0.3) is 0 Å². The van der Waals surface area contributed by atoms with Gasteiger partial charge in [-0.1, -0.05) is 66.7 Å². The third-order valence-electron chi connectivity index (χ3n) is 4.35. The Morgan fingerprint density at radius 1 is 0.750 bits per heavy atom. The summed E-state index contributed by atoms with van der Waals surface area (Å²) in [6, 6.07) is 25.9. The SMILES string of the molecule is C=Nc1sccc1Cc1ccccc1-c1cccc2ccccc12. The molecule has 3 aromatic carbocycles. The highest BCUT2D eigenvalue weighted by Gasteiger charge is 2.11. The molecular weight excluding hydrogens is 310 g/mol. The van der Waals surface area contributed by atoms with Gasteiger partial charge in [-0.2, -0.15) is 0 Å². The molecule has 1 heterocycles. The molecule has 2 heteroatoms. The number of thiophene rings is 1. The normalized spacial score (nSPS) is 10.8. The summed E-state index contributed by atoms with van der Waals surface area (Å²) in [6.45, 7) is 3.69. The van der Waals surface area contributed by atoms with Crippen molar-refractivity contribution in [2.24, 2.45) is 4.99 Å². The average molecular weight is 327 g/mol. The second kappa shape index (κ2) is 6.42. The van der Waals surface area contributed by atoms with Gasteiger partial charge in [-0.25, -0.2) is 0 Å². The van der Waals surface area contributed by atoms with E-state index in [0.717, 1.165) is 11.4 Å². The van der Waals surface area contributed by atoms with E-state index in [9.17, 15) is 0 Å². The molecule has 0 saturated carbocycles. The number of nitrogens with zero attached hydrogens (tertiary/aromatic N) is 1. The van der Waals surface area contributed by atoms with Crippen molar-refractivity contribution in [2.45, 2.75) is 6.42 Å². The number of hydrogen-bond acceptors (Lipinski definition) is 2. The molecule has 24 heavy (non-hydrogen) atoms. The van der Waals surface area contributed by atoms with Crippen molar-refractivity contribution in [3.63, 3.8) is 0 Å². The first-order chi connectivity index (χ1) is 11.9. The van der Waals surface area contributed by atoms with Crippen LogP contribution in [0.15, 0.2) is 83.2 Å². The maximum atomic E-state index is 4.15. The van der Waals surface area contributed by atoms with Gasteiger partial charge in [0.05, 0.1) is 0 Å². The summed E-state index contributed by atoms with van der Waals surface area (Å²) in [6.07, 6.45) is 0.872. The molecule has 0 aliphatic rings. The summed E-state index contributed by atoms with van der Waals surface area (Å²) in [7, 11) is 0. The fraction of sp³-hybridized carbons (Fsp3) is 0.0455. The summed E-state index contributed by atoms with van der Waals surface area (Å²) in [4.78, 5) is 4.15. The van der Waals surface area contributed by atoms with Crippen LogP contribution in [0.4, 0.5) is 5.00 Å². The number of hydrogen-bond donors (Lipinski definition) is 0. The Labute approximate surface area is 145 Å². The highest BCUT2D eigenvalue weighted by Crippen LogP contribution is 2.34. The van der Waals surface area contributed by atoms with E-state index in [-0.39, 0.29) is 0 Å². The summed E-state index contributed by atoms with van der Waals surface area (Å²) in [5.41, 5.74) is 5.13. The first-order valence-corrected chi connectivity index (χ1v) is 8.84. The first kappa shape index (κ1) is 14.9. The third-order valence-corrected chi connectivity index (χ3v) is 5.23. The van der Waals surface area contributed by atoms with Crippen LogP contribution in [0.25, 0.3) is 21.9 Å². The molecule has 0 unspecified atom stereocenters. The van der Waals surface area contributed by atoms with Gasteiger partial charge in [0.2, 0.25) is 0 Å². The van der Waals surface area contributed by atoms with E-state index in [0.29, 0.717) is 0 Å². The van der Waals surface area contributed by atoms with E-state index in [4.69, 9.17) is 0 Å². The van der Waals surface area contributed by atoms with Gasteiger partial charge in [-0.3, -0.25) is 4.99 Å². The highest BCUT2D eigenvalue weighted by molar-refractivity contribution is 7.14. The van der Waals surface area contributed by atoms with Gasteiger partial charge in [-0.05, 0) is 51.2 Å². The van der Waals surface area contributed by atoms with Crippen LogP contribution in [0.5, 0.6) is 0 Å². The zero-order valence-corrected chi connectivity index (χ0v) is 14.1. The Morgan fingerprint density at radius 2 is 1.50 bits per heavy atom. The van der Waals surface area contributed by atoms with Crippen LogP contribution in [0, 0.1) is 0 Å². The van der Waals surface area contributed by atoms with Crippen LogP contribution in [0.1, 0.15) is 11.1 Å². The van der Waals surface area contributed by atoms with E-state index < -0.39 is 0 Å². The van der Waals surface area contributed by atoms with Crippen molar-refractivity contribution in [2.75, 3.05) is 0 Å². The minimum absolute atomic E-state index is 0.872. The van der Waals surface area contributed by atoms with Crippen molar-refractivity contribution < 1.29 is 0 Å². The molecule has 4 aromatic rings. The lowest BCUT2D eigenvalue weighted by atomic mass is 9.92. The van der Waals surface area contributed by atoms with Gasteiger partial charge in [-0.15, -0.1) is 11.3 Å². The fourth-order valence-electron chi connectivity index (χ4n) is 3.20. The molecular formula is C22H17NS. The standard InChI is InChI=1S/C22H17NS/c1-23-22-18(13-14-24-22)15-17-8-3-5-11-20(17)21-12-6-9-16-7-2-4-10-19(16)21/h2-14H,1,15H2. The van der Waals surface area contributed by atoms with Crippen LogP contribution in [0.2, 0.25) is 0 Å². The Kier molecular flexibility index (Phi) is 3.97. The van der Waals surface area contributed by atoms with Crippen molar-refractivity contribution in [1.82, 2.24) is 0 Å². The molecule has 0 N–H and O–H groups in total. The Balaban J connectivity index is 1.86. The summed E-state index contributed by atoms with van der Waals surface area (Å²) < 4.78 is 0. The number of aliphatic imine (C=N–C) groups is 1. The minimum Gasteiger partial charge on any atom is -0.253 e. The van der Waals surface area contributed by atoms with Gasteiger partial charge in [0.1, 0.15) is 5.00 Å². The van der Waals surface area contributed by atoms with Crippen LogP contribution in [-0.2, 0) is 6.42 Å². The molecule has 0 amide bonds. The van der Waals surface area contributed by atoms with Gasteiger partial charge in [0.15, 0.2) is 0 Å². The van der Waals surface area contributed by atoms with Crippen molar-refractivity contribution in [3.05, 3.63) is 89.3 Å². The molecule has 116 valence electrons. The Bertz CT molecular complexity index is 1010. The molecule has 4 rings (SSSR count). The molecule has 1 aromatic heterocycles. The summed E-state index contributed by atoms with van der Waals surface area (Å²) >= 11 is 1.64. The Morgan fingerprint density at radius 3 is 2.42 bits per heavy atom. The molecule has 0 aliphatic heterocycles. The lowest BCUT2D eigenvalue weighted by Crippen LogP contribution is -1.92. The molecule has 0 spiro atoms. The number of rotatable bonds is 4. The van der Waals surface area contributed by atoms with Gasteiger partial charge in [0, 0.05) is 6.42 Å². The van der Waals surface area contributed by atoms with Crippen LogP contribution < -0.4 is 0 Å². The van der Waals surface area contributed by atoms with E-state index in [1.54, 1.807) is 11.3 Å². The second-order valence-corrected chi connectivity index (χ2v) is 6.66. The number of fused-ring (bicyclic) bond motifs is 1. The minimum atomic E-state index is 0.872. The molecule has 0 atom stereocenters. The highest BCUT2D eigenvalue weighted by atomic mass is 32.1.